The molecule has 0 aliphatic carbocycles. The van der Waals surface area contributed by atoms with Crippen molar-refractivity contribution in [3.8, 4) is 5.82 Å². The van der Waals surface area contributed by atoms with Crippen molar-refractivity contribution < 1.29 is 9.53 Å². The van der Waals surface area contributed by atoms with E-state index in [1.165, 1.54) is 0 Å². The molecule has 152 valence electrons. The lowest BCUT2D eigenvalue weighted by Gasteiger charge is -2.34. The highest BCUT2D eigenvalue weighted by atomic mass is 16.6. The Kier molecular flexibility index (Phi) is 5.08. The van der Waals surface area contributed by atoms with Crippen LogP contribution >= 0.6 is 0 Å². The molecule has 0 spiro atoms. The summed E-state index contributed by atoms with van der Waals surface area (Å²) in [5, 5.41) is 3.42. The third kappa shape index (κ3) is 4.47. The molecule has 8 nitrogen and oxygen atoms in total. The van der Waals surface area contributed by atoms with Crippen molar-refractivity contribution in [1.29, 1.82) is 0 Å². The van der Waals surface area contributed by atoms with Gasteiger partial charge in [0.1, 0.15) is 17.7 Å². The second-order valence-corrected chi connectivity index (χ2v) is 8.28. The number of rotatable bonds is 3. The summed E-state index contributed by atoms with van der Waals surface area (Å²) < 4.78 is 7.42. The monoisotopic (exact) mass is 394 g/mol. The van der Waals surface area contributed by atoms with Gasteiger partial charge in [-0.25, -0.2) is 14.8 Å². The number of ether oxygens (including phenoxy) is 1. The quantitative estimate of drug-likeness (QED) is 0.730. The lowest BCUT2D eigenvalue weighted by Crippen LogP contribution is -2.47. The van der Waals surface area contributed by atoms with Crippen LogP contribution in [-0.4, -0.2) is 55.2 Å². The van der Waals surface area contributed by atoms with E-state index in [0.717, 1.165) is 23.9 Å². The Labute approximate surface area is 169 Å². The number of piperidine rings is 1. The Morgan fingerprint density at radius 3 is 2.90 bits per heavy atom. The minimum atomic E-state index is -0.495. The number of nitrogens with one attached hydrogen (secondary N) is 1. The van der Waals surface area contributed by atoms with Gasteiger partial charge in [-0.05, 0) is 45.7 Å². The molecule has 4 rings (SSSR count). The van der Waals surface area contributed by atoms with Crippen molar-refractivity contribution in [2.75, 3.05) is 18.4 Å². The predicted octanol–water partition coefficient (Wildman–Crippen LogP) is 3.63. The van der Waals surface area contributed by atoms with E-state index in [0.29, 0.717) is 24.7 Å². The summed E-state index contributed by atoms with van der Waals surface area (Å²) in [6.45, 7) is 6.93. The first-order valence-electron chi connectivity index (χ1n) is 9.88. The number of likely N-dealkylation sites (tertiary alicyclic amines) is 1. The predicted molar refractivity (Wildman–Crippen MR) is 111 cm³/mol. The van der Waals surface area contributed by atoms with Crippen molar-refractivity contribution in [1.82, 2.24) is 24.4 Å². The average molecular weight is 394 g/mol. The van der Waals surface area contributed by atoms with Gasteiger partial charge in [-0.3, -0.25) is 9.55 Å². The first-order valence-corrected chi connectivity index (χ1v) is 9.88. The zero-order chi connectivity index (χ0) is 20.4. The highest BCUT2D eigenvalue weighted by Crippen LogP contribution is 2.20. The molecule has 1 fully saturated rings. The van der Waals surface area contributed by atoms with Crippen molar-refractivity contribution in [2.24, 2.45) is 0 Å². The highest BCUT2D eigenvalue weighted by Gasteiger charge is 2.27. The van der Waals surface area contributed by atoms with E-state index < -0.39 is 5.60 Å². The third-order valence-corrected chi connectivity index (χ3v) is 4.75. The lowest BCUT2D eigenvalue weighted by atomic mass is 10.1. The molecule has 1 N–H and O–H groups in total. The van der Waals surface area contributed by atoms with Crippen molar-refractivity contribution in [3.05, 3.63) is 43.0 Å². The van der Waals surface area contributed by atoms with Gasteiger partial charge in [0.25, 0.3) is 0 Å². The van der Waals surface area contributed by atoms with E-state index >= 15 is 0 Å². The summed E-state index contributed by atoms with van der Waals surface area (Å²) in [6, 6.07) is 8.01. The van der Waals surface area contributed by atoms with Crippen LogP contribution in [0.4, 0.5) is 10.6 Å². The maximum absolute atomic E-state index is 12.4. The standard InChI is InChI=1S/C21H26N6O2/c1-21(2,3)29-20(28)26-10-6-7-15(13-26)24-18-11-22-12-19(25-18)27-14-23-16-8-4-5-9-17(16)27/h4-5,8-9,11-12,14-15H,6-7,10,13H2,1-3H3,(H,24,25)/t15-/m1/s1. The minimum absolute atomic E-state index is 0.0975. The molecule has 1 aromatic carbocycles. The summed E-state index contributed by atoms with van der Waals surface area (Å²) in [4.78, 5) is 27.6. The van der Waals surface area contributed by atoms with Gasteiger partial charge in [-0.15, -0.1) is 0 Å². The van der Waals surface area contributed by atoms with E-state index in [1.807, 2.05) is 49.6 Å². The normalized spacial score (nSPS) is 17.3. The number of hydrogen-bond donors (Lipinski definition) is 1. The zero-order valence-electron chi connectivity index (χ0n) is 17.0. The molecule has 2 aromatic heterocycles. The van der Waals surface area contributed by atoms with E-state index in [2.05, 4.69) is 15.3 Å². The second kappa shape index (κ2) is 7.69. The zero-order valence-corrected chi connectivity index (χ0v) is 17.0. The molecule has 29 heavy (non-hydrogen) atoms. The molecule has 0 unspecified atom stereocenters. The van der Waals surface area contributed by atoms with E-state index in [4.69, 9.17) is 9.72 Å². The van der Waals surface area contributed by atoms with Gasteiger partial charge in [-0.2, -0.15) is 0 Å². The van der Waals surface area contributed by atoms with Crippen LogP contribution in [0.1, 0.15) is 33.6 Å². The number of aromatic nitrogens is 4. The number of imidazole rings is 1. The van der Waals surface area contributed by atoms with Crippen LogP contribution in [0, 0.1) is 0 Å². The van der Waals surface area contributed by atoms with E-state index in [-0.39, 0.29) is 12.1 Å². The molecule has 0 bridgehead atoms. The maximum atomic E-state index is 12.4. The fourth-order valence-electron chi connectivity index (χ4n) is 3.48. The first-order chi connectivity index (χ1) is 13.9. The van der Waals surface area contributed by atoms with Crippen LogP contribution in [0.5, 0.6) is 0 Å². The van der Waals surface area contributed by atoms with Crippen molar-refractivity contribution in [2.45, 2.75) is 45.3 Å². The molecular weight excluding hydrogens is 368 g/mol. The summed E-state index contributed by atoms with van der Waals surface area (Å²) >= 11 is 0. The van der Waals surface area contributed by atoms with Gasteiger partial charge in [0.15, 0.2) is 5.82 Å². The number of anilines is 1. The van der Waals surface area contributed by atoms with Gasteiger partial charge in [0.2, 0.25) is 0 Å². The summed E-state index contributed by atoms with van der Waals surface area (Å²) in [5.74, 6) is 1.37. The number of carbonyl (C=O) groups is 1. The van der Waals surface area contributed by atoms with Gasteiger partial charge in [0, 0.05) is 19.1 Å². The summed E-state index contributed by atoms with van der Waals surface area (Å²) in [5.41, 5.74) is 1.39. The van der Waals surface area contributed by atoms with E-state index in [9.17, 15) is 4.79 Å². The molecule has 3 aromatic rings. The number of para-hydroxylation sites is 2. The topological polar surface area (TPSA) is 85.2 Å². The summed E-state index contributed by atoms with van der Waals surface area (Å²) in [6.07, 6.45) is 6.77. The van der Waals surface area contributed by atoms with Crippen molar-refractivity contribution in [3.63, 3.8) is 0 Å². The van der Waals surface area contributed by atoms with Crippen LogP contribution in [0.15, 0.2) is 43.0 Å². The Balaban J connectivity index is 1.47. The van der Waals surface area contributed by atoms with Gasteiger partial charge in [-0.1, -0.05) is 12.1 Å². The molecule has 1 amide bonds. The Morgan fingerprint density at radius 1 is 1.24 bits per heavy atom. The largest absolute Gasteiger partial charge is 0.444 e. The smallest absolute Gasteiger partial charge is 0.410 e. The molecule has 3 heterocycles. The van der Waals surface area contributed by atoms with E-state index in [1.54, 1.807) is 23.6 Å². The molecule has 0 radical (unpaired) electrons. The van der Waals surface area contributed by atoms with Crippen LogP contribution in [-0.2, 0) is 4.74 Å². The SMILES string of the molecule is CC(C)(C)OC(=O)N1CCC[C@@H](Nc2cncc(-n3cnc4ccccc43)n2)C1. The number of fused-ring (bicyclic) bond motifs is 1. The molecule has 1 saturated heterocycles. The number of nitrogens with zero attached hydrogens (tertiary/aromatic N) is 5. The Bertz CT molecular complexity index is 1010. The highest BCUT2D eigenvalue weighted by molar-refractivity contribution is 5.76. The minimum Gasteiger partial charge on any atom is -0.444 e. The molecule has 1 aliphatic rings. The fourth-order valence-corrected chi connectivity index (χ4v) is 3.48. The lowest BCUT2D eigenvalue weighted by molar-refractivity contribution is 0.0206. The third-order valence-electron chi connectivity index (χ3n) is 4.75. The number of carbonyl (C=O) groups excluding carboxylic acids is 1. The van der Waals surface area contributed by atoms with Gasteiger partial charge in [0.05, 0.1) is 23.4 Å². The molecule has 8 heteroatoms. The maximum Gasteiger partial charge on any atom is 0.410 e. The molecule has 1 atom stereocenters. The van der Waals surface area contributed by atoms with Crippen LogP contribution in [0.25, 0.3) is 16.9 Å². The van der Waals surface area contributed by atoms with Gasteiger partial charge >= 0.3 is 6.09 Å². The fraction of sp³-hybridized carbons (Fsp3) is 0.429. The van der Waals surface area contributed by atoms with Crippen LogP contribution < -0.4 is 5.32 Å². The van der Waals surface area contributed by atoms with Crippen LogP contribution in [0.2, 0.25) is 0 Å². The van der Waals surface area contributed by atoms with Gasteiger partial charge < -0.3 is 15.0 Å². The molecular formula is C21H26N6O2. The number of hydrogen-bond acceptors (Lipinski definition) is 6. The molecule has 0 saturated carbocycles. The first kappa shape index (κ1) is 19.2. The number of benzene rings is 1. The Morgan fingerprint density at radius 2 is 2.07 bits per heavy atom. The average Bonchev–Trinajstić information content (AvgIpc) is 3.11. The summed E-state index contributed by atoms with van der Waals surface area (Å²) in [7, 11) is 0. The Hall–Kier alpha value is -3.16. The van der Waals surface area contributed by atoms with Crippen LogP contribution in [0.3, 0.4) is 0 Å². The number of amides is 1. The van der Waals surface area contributed by atoms with Crippen molar-refractivity contribution >= 4 is 22.9 Å². The second-order valence-electron chi connectivity index (χ2n) is 8.28. The molecule has 1 aliphatic heterocycles.